The predicted octanol–water partition coefficient (Wildman–Crippen LogP) is 6.16. The lowest BCUT2D eigenvalue weighted by Crippen LogP contribution is -2.23. The SMILES string of the molecule is CCCCc1nc2ccc(Br)cc2c(=O)n1N=Cc1cc(Br)ccc1OCC(=O)Nc1ccccc1. The highest BCUT2D eigenvalue weighted by atomic mass is 79.9. The second-order valence-corrected chi connectivity index (χ2v) is 9.87. The summed E-state index contributed by atoms with van der Waals surface area (Å²) in [5.41, 5.74) is 1.69. The zero-order valence-corrected chi connectivity index (χ0v) is 22.8. The lowest BCUT2D eigenvalue weighted by Gasteiger charge is -2.11. The number of anilines is 1. The van der Waals surface area contributed by atoms with Crippen LogP contribution in [0.3, 0.4) is 0 Å². The summed E-state index contributed by atoms with van der Waals surface area (Å²) in [5, 5.41) is 7.77. The second-order valence-electron chi connectivity index (χ2n) is 8.04. The van der Waals surface area contributed by atoms with Gasteiger partial charge < -0.3 is 10.1 Å². The van der Waals surface area contributed by atoms with Crippen molar-refractivity contribution in [2.75, 3.05) is 11.9 Å². The minimum absolute atomic E-state index is 0.176. The average Bonchev–Trinajstić information content (AvgIpc) is 2.87. The molecule has 4 rings (SSSR count). The highest BCUT2D eigenvalue weighted by Gasteiger charge is 2.12. The van der Waals surface area contributed by atoms with Gasteiger partial charge in [-0.1, -0.05) is 63.4 Å². The van der Waals surface area contributed by atoms with E-state index in [0.29, 0.717) is 40.1 Å². The fraction of sp³-hybridized carbons (Fsp3) is 0.185. The predicted molar refractivity (Wildman–Crippen MR) is 150 cm³/mol. The van der Waals surface area contributed by atoms with Gasteiger partial charge in [0.05, 0.1) is 17.1 Å². The number of carbonyl (C=O) groups excluding carboxylic acids is 1. The van der Waals surface area contributed by atoms with Crippen LogP contribution >= 0.6 is 31.9 Å². The number of fused-ring (bicyclic) bond motifs is 1. The maximum Gasteiger partial charge on any atom is 0.282 e. The van der Waals surface area contributed by atoms with Crippen LogP contribution in [0.15, 0.2) is 85.6 Å². The number of unbranched alkanes of at least 4 members (excludes halogenated alkanes) is 1. The Labute approximate surface area is 225 Å². The molecule has 1 heterocycles. The van der Waals surface area contributed by atoms with Crippen molar-refractivity contribution in [2.24, 2.45) is 5.10 Å². The minimum Gasteiger partial charge on any atom is -0.483 e. The molecule has 0 aliphatic heterocycles. The van der Waals surface area contributed by atoms with Crippen molar-refractivity contribution in [3.05, 3.63) is 97.4 Å². The lowest BCUT2D eigenvalue weighted by atomic mass is 10.2. The fourth-order valence-electron chi connectivity index (χ4n) is 3.54. The van der Waals surface area contributed by atoms with E-state index in [1.165, 1.54) is 4.68 Å². The molecule has 0 spiro atoms. The zero-order valence-electron chi connectivity index (χ0n) is 19.6. The summed E-state index contributed by atoms with van der Waals surface area (Å²) in [6.45, 7) is 1.91. The summed E-state index contributed by atoms with van der Waals surface area (Å²) in [5.74, 6) is 0.770. The van der Waals surface area contributed by atoms with Crippen molar-refractivity contribution >= 4 is 60.6 Å². The summed E-state index contributed by atoms with van der Waals surface area (Å²) < 4.78 is 8.74. The van der Waals surface area contributed by atoms with Gasteiger partial charge in [-0.2, -0.15) is 9.78 Å². The first-order valence-corrected chi connectivity index (χ1v) is 13.1. The number of ether oxygens (including phenoxy) is 1. The molecular weight excluding hydrogens is 588 g/mol. The van der Waals surface area contributed by atoms with Gasteiger partial charge in [0.2, 0.25) is 0 Å². The highest BCUT2D eigenvalue weighted by Crippen LogP contribution is 2.22. The van der Waals surface area contributed by atoms with Gasteiger partial charge in [-0.25, -0.2) is 4.98 Å². The first-order chi connectivity index (χ1) is 17.4. The van der Waals surface area contributed by atoms with Crippen LogP contribution in [0.4, 0.5) is 5.69 Å². The molecule has 1 amide bonds. The molecule has 1 aromatic heterocycles. The number of nitrogens with one attached hydrogen (secondary N) is 1. The molecule has 0 atom stereocenters. The van der Waals surface area contributed by atoms with E-state index in [4.69, 9.17) is 9.72 Å². The van der Waals surface area contributed by atoms with E-state index in [2.05, 4.69) is 49.2 Å². The lowest BCUT2D eigenvalue weighted by molar-refractivity contribution is -0.118. The van der Waals surface area contributed by atoms with E-state index < -0.39 is 0 Å². The first kappa shape index (κ1) is 25.8. The molecule has 9 heteroatoms. The van der Waals surface area contributed by atoms with Crippen molar-refractivity contribution in [2.45, 2.75) is 26.2 Å². The van der Waals surface area contributed by atoms with Gasteiger partial charge in [-0.3, -0.25) is 9.59 Å². The van der Waals surface area contributed by atoms with Crippen molar-refractivity contribution in [3.63, 3.8) is 0 Å². The van der Waals surface area contributed by atoms with Crippen LogP contribution in [-0.4, -0.2) is 28.4 Å². The third kappa shape index (κ3) is 6.47. The number of aromatic nitrogens is 2. The van der Waals surface area contributed by atoms with E-state index in [1.54, 1.807) is 30.5 Å². The Balaban J connectivity index is 1.62. The molecule has 0 radical (unpaired) electrons. The molecule has 0 bridgehead atoms. The summed E-state index contributed by atoms with van der Waals surface area (Å²) in [4.78, 5) is 30.4. The standard InChI is InChI=1S/C27H24Br2N4O3/c1-2-3-9-25-32-23-12-10-20(29)15-22(23)27(35)33(25)30-16-18-14-19(28)11-13-24(18)36-17-26(34)31-21-7-5-4-6-8-21/h4-8,10-16H,2-3,9,17H2,1H3,(H,31,34). The Kier molecular flexibility index (Phi) is 8.66. The van der Waals surface area contributed by atoms with Crippen LogP contribution in [0, 0.1) is 0 Å². The normalized spacial score (nSPS) is 11.2. The Morgan fingerprint density at radius 2 is 1.83 bits per heavy atom. The van der Waals surface area contributed by atoms with E-state index in [1.807, 2.05) is 42.5 Å². The molecule has 0 fully saturated rings. The van der Waals surface area contributed by atoms with E-state index in [-0.39, 0.29) is 18.1 Å². The largest absolute Gasteiger partial charge is 0.483 e. The van der Waals surface area contributed by atoms with Crippen molar-refractivity contribution in [3.8, 4) is 5.75 Å². The van der Waals surface area contributed by atoms with E-state index in [9.17, 15) is 9.59 Å². The summed E-state index contributed by atoms with van der Waals surface area (Å²) in [6, 6.07) is 20.0. The van der Waals surface area contributed by atoms with E-state index in [0.717, 1.165) is 21.8 Å². The third-order valence-electron chi connectivity index (χ3n) is 5.33. The van der Waals surface area contributed by atoms with E-state index >= 15 is 0 Å². The first-order valence-electron chi connectivity index (χ1n) is 11.5. The highest BCUT2D eigenvalue weighted by molar-refractivity contribution is 9.10. The number of halogens is 2. The molecule has 0 saturated carbocycles. The number of benzene rings is 3. The quantitative estimate of drug-likeness (QED) is 0.230. The number of nitrogens with zero attached hydrogens (tertiary/aromatic N) is 3. The molecule has 0 unspecified atom stereocenters. The van der Waals surface area contributed by atoms with Gasteiger partial charge in [0.1, 0.15) is 11.6 Å². The van der Waals surface area contributed by atoms with Gasteiger partial charge in [0, 0.05) is 26.6 Å². The molecule has 1 N–H and O–H groups in total. The molecule has 0 saturated heterocycles. The monoisotopic (exact) mass is 610 g/mol. The number of aryl methyl sites for hydroxylation is 1. The molecular formula is C27H24Br2N4O3. The average molecular weight is 612 g/mol. The Morgan fingerprint density at radius 3 is 2.61 bits per heavy atom. The number of carbonyl (C=O) groups is 1. The topological polar surface area (TPSA) is 85.6 Å². The number of hydrogen-bond acceptors (Lipinski definition) is 5. The van der Waals surface area contributed by atoms with Crippen molar-refractivity contribution in [1.29, 1.82) is 0 Å². The zero-order chi connectivity index (χ0) is 25.5. The van der Waals surface area contributed by atoms with Crippen molar-refractivity contribution < 1.29 is 9.53 Å². The summed E-state index contributed by atoms with van der Waals surface area (Å²) >= 11 is 6.89. The second kappa shape index (κ2) is 12.1. The fourth-order valence-corrected chi connectivity index (χ4v) is 4.28. The number of hydrogen-bond donors (Lipinski definition) is 1. The van der Waals surface area contributed by atoms with Gasteiger partial charge in [0.25, 0.3) is 11.5 Å². The van der Waals surface area contributed by atoms with Gasteiger partial charge in [-0.05, 0) is 55.0 Å². The number of para-hydroxylation sites is 1. The minimum atomic E-state index is -0.283. The Bertz CT molecular complexity index is 1470. The Hall–Kier alpha value is -3.30. The molecule has 7 nitrogen and oxygen atoms in total. The van der Waals surface area contributed by atoms with Crippen LogP contribution in [0.2, 0.25) is 0 Å². The van der Waals surface area contributed by atoms with Gasteiger partial charge in [0.15, 0.2) is 6.61 Å². The molecule has 36 heavy (non-hydrogen) atoms. The smallest absolute Gasteiger partial charge is 0.282 e. The summed E-state index contributed by atoms with van der Waals surface area (Å²) in [6.07, 6.45) is 4.02. The molecule has 3 aromatic carbocycles. The number of amides is 1. The molecule has 4 aromatic rings. The van der Waals surface area contributed by atoms with Crippen LogP contribution < -0.4 is 15.6 Å². The molecule has 0 aliphatic rings. The van der Waals surface area contributed by atoms with Crippen LogP contribution in [0.25, 0.3) is 10.9 Å². The van der Waals surface area contributed by atoms with Crippen LogP contribution in [0.1, 0.15) is 31.2 Å². The summed E-state index contributed by atoms with van der Waals surface area (Å²) in [7, 11) is 0. The number of rotatable bonds is 9. The third-order valence-corrected chi connectivity index (χ3v) is 6.32. The molecule has 184 valence electrons. The van der Waals surface area contributed by atoms with Crippen LogP contribution in [0.5, 0.6) is 5.75 Å². The maximum absolute atomic E-state index is 13.3. The molecule has 0 aliphatic carbocycles. The van der Waals surface area contributed by atoms with Crippen molar-refractivity contribution in [1.82, 2.24) is 9.66 Å². The Morgan fingerprint density at radius 1 is 1.08 bits per heavy atom. The van der Waals surface area contributed by atoms with Gasteiger partial charge >= 0.3 is 0 Å². The van der Waals surface area contributed by atoms with Crippen LogP contribution in [-0.2, 0) is 11.2 Å². The maximum atomic E-state index is 13.3. The van der Waals surface area contributed by atoms with Gasteiger partial charge in [-0.15, -0.1) is 0 Å².